The van der Waals surface area contributed by atoms with Gasteiger partial charge >= 0.3 is 0 Å². The van der Waals surface area contributed by atoms with E-state index < -0.39 is 0 Å². The van der Waals surface area contributed by atoms with E-state index in [0.29, 0.717) is 17.9 Å². The second-order valence-electron chi connectivity index (χ2n) is 3.91. The average Bonchev–Trinajstić information content (AvgIpc) is 2.44. The quantitative estimate of drug-likeness (QED) is 0.654. The molecule has 0 fully saturated rings. The van der Waals surface area contributed by atoms with Crippen molar-refractivity contribution in [2.24, 2.45) is 11.8 Å². The van der Waals surface area contributed by atoms with Crippen LogP contribution in [-0.4, -0.2) is 6.04 Å². The summed E-state index contributed by atoms with van der Waals surface area (Å²) in [7, 11) is 0. The predicted molar refractivity (Wildman–Crippen MR) is 58.3 cm³/mol. The number of hydrogen-bond donors (Lipinski definition) is 1. The molecule has 13 heavy (non-hydrogen) atoms. The van der Waals surface area contributed by atoms with Gasteiger partial charge in [-0.1, -0.05) is 44.7 Å². The molecule has 2 unspecified atom stereocenters. The Kier molecular flexibility index (Phi) is 3.35. The van der Waals surface area contributed by atoms with Crippen molar-refractivity contribution < 1.29 is 0 Å². The molecule has 0 bridgehead atoms. The van der Waals surface area contributed by atoms with Gasteiger partial charge in [0.1, 0.15) is 0 Å². The normalized spacial score (nSPS) is 27.8. The molecule has 1 N–H and O–H groups in total. The van der Waals surface area contributed by atoms with Crippen molar-refractivity contribution >= 4 is 0 Å². The van der Waals surface area contributed by atoms with E-state index in [1.165, 1.54) is 5.70 Å². The summed E-state index contributed by atoms with van der Waals surface area (Å²) >= 11 is 0. The molecule has 0 aliphatic carbocycles. The SMILES string of the molecule is C=C/C=C\C1C=C(C(C)C)NC1C. The first-order chi connectivity index (χ1) is 6.15. The topological polar surface area (TPSA) is 12.0 Å². The third-order valence-corrected chi connectivity index (χ3v) is 2.44. The first-order valence-corrected chi connectivity index (χ1v) is 4.92. The zero-order valence-electron chi connectivity index (χ0n) is 8.75. The van der Waals surface area contributed by atoms with Gasteiger partial charge in [-0.15, -0.1) is 0 Å². The van der Waals surface area contributed by atoms with Gasteiger partial charge in [-0.2, -0.15) is 0 Å². The molecule has 1 rings (SSSR count). The molecule has 0 aromatic heterocycles. The first-order valence-electron chi connectivity index (χ1n) is 4.92. The largest absolute Gasteiger partial charge is 0.385 e. The van der Waals surface area contributed by atoms with E-state index in [0.717, 1.165) is 0 Å². The molecule has 1 aliphatic rings. The summed E-state index contributed by atoms with van der Waals surface area (Å²) in [5.74, 6) is 1.12. The van der Waals surface area contributed by atoms with E-state index in [2.05, 4.69) is 44.8 Å². The zero-order chi connectivity index (χ0) is 9.84. The molecular weight excluding hydrogens is 158 g/mol. The van der Waals surface area contributed by atoms with Gasteiger partial charge in [0, 0.05) is 17.7 Å². The standard InChI is InChI=1S/C12H19N/c1-5-6-7-11-8-12(9(2)3)13-10(11)4/h5-11,13H,1H2,2-4H3/b7-6-. The Hall–Kier alpha value is -0.980. The summed E-state index contributed by atoms with van der Waals surface area (Å²) in [5.41, 5.74) is 1.37. The highest BCUT2D eigenvalue weighted by molar-refractivity contribution is 5.20. The Morgan fingerprint density at radius 3 is 2.69 bits per heavy atom. The van der Waals surface area contributed by atoms with Crippen LogP contribution in [0.4, 0.5) is 0 Å². The van der Waals surface area contributed by atoms with Crippen molar-refractivity contribution in [3.63, 3.8) is 0 Å². The minimum Gasteiger partial charge on any atom is -0.385 e. The van der Waals surface area contributed by atoms with E-state index in [-0.39, 0.29) is 0 Å². The smallest absolute Gasteiger partial charge is 0.0328 e. The maximum Gasteiger partial charge on any atom is 0.0328 e. The molecule has 0 saturated carbocycles. The Morgan fingerprint density at radius 2 is 2.23 bits per heavy atom. The molecule has 1 aliphatic heterocycles. The Morgan fingerprint density at radius 1 is 1.54 bits per heavy atom. The summed E-state index contributed by atoms with van der Waals surface area (Å²) in [4.78, 5) is 0. The van der Waals surface area contributed by atoms with E-state index >= 15 is 0 Å². The van der Waals surface area contributed by atoms with Gasteiger partial charge in [-0.3, -0.25) is 0 Å². The average molecular weight is 177 g/mol. The van der Waals surface area contributed by atoms with Gasteiger partial charge in [0.2, 0.25) is 0 Å². The highest BCUT2D eigenvalue weighted by Crippen LogP contribution is 2.22. The van der Waals surface area contributed by atoms with Crippen LogP contribution in [0.25, 0.3) is 0 Å². The number of nitrogens with one attached hydrogen (secondary N) is 1. The van der Waals surface area contributed by atoms with Gasteiger partial charge in [0.05, 0.1) is 0 Å². The van der Waals surface area contributed by atoms with Crippen LogP contribution in [0.5, 0.6) is 0 Å². The van der Waals surface area contributed by atoms with Crippen LogP contribution in [0.3, 0.4) is 0 Å². The Bertz CT molecular complexity index is 236. The molecule has 0 spiro atoms. The minimum absolute atomic E-state index is 0.522. The van der Waals surface area contributed by atoms with Crippen LogP contribution in [0.1, 0.15) is 20.8 Å². The van der Waals surface area contributed by atoms with Crippen molar-refractivity contribution in [1.29, 1.82) is 0 Å². The lowest BCUT2D eigenvalue weighted by Crippen LogP contribution is -2.25. The molecule has 0 saturated heterocycles. The van der Waals surface area contributed by atoms with Crippen LogP contribution < -0.4 is 5.32 Å². The lowest BCUT2D eigenvalue weighted by atomic mass is 10.0. The number of rotatable bonds is 3. The third kappa shape index (κ3) is 2.48. The Balaban J connectivity index is 2.66. The lowest BCUT2D eigenvalue weighted by molar-refractivity contribution is 0.560. The molecule has 1 heterocycles. The van der Waals surface area contributed by atoms with Gasteiger partial charge < -0.3 is 5.32 Å². The molecule has 2 atom stereocenters. The second-order valence-corrected chi connectivity index (χ2v) is 3.91. The molecule has 72 valence electrons. The number of hydrogen-bond acceptors (Lipinski definition) is 1. The zero-order valence-corrected chi connectivity index (χ0v) is 8.75. The predicted octanol–water partition coefficient (Wildman–Crippen LogP) is 2.88. The number of allylic oxidation sites excluding steroid dienone is 3. The molecule has 0 amide bonds. The summed E-state index contributed by atoms with van der Waals surface area (Å²) in [6.07, 6.45) is 8.35. The van der Waals surface area contributed by atoms with Crippen LogP contribution in [-0.2, 0) is 0 Å². The van der Waals surface area contributed by atoms with Gasteiger partial charge in [-0.25, -0.2) is 0 Å². The summed E-state index contributed by atoms with van der Waals surface area (Å²) in [6.45, 7) is 10.3. The summed E-state index contributed by atoms with van der Waals surface area (Å²) in [5, 5.41) is 3.49. The molecule has 0 aromatic carbocycles. The second kappa shape index (κ2) is 4.31. The van der Waals surface area contributed by atoms with Crippen LogP contribution in [0.15, 0.2) is 36.6 Å². The maximum atomic E-state index is 3.67. The van der Waals surface area contributed by atoms with Crippen molar-refractivity contribution in [1.82, 2.24) is 5.32 Å². The fraction of sp³-hybridized carbons (Fsp3) is 0.500. The van der Waals surface area contributed by atoms with Gasteiger partial charge in [0.25, 0.3) is 0 Å². The summed E-state index contributed by atoms with van der Waals surface area (Å²) < 4.78 is 0. The van der Waals surface area contributed by atoms with Crippen molar-refractivity contribution in [3.05, 3.63) is 36.6 Å². The van der Waals surface area contributed by atoms with Crippen molar-refractivity contribution in [2.45, 2.75) is 26.8 Å². The van der Waals surface area contributed by atoms with Crippen molar-refractivity contribution in [2.75, 3.05) is 0 Å². The molecule has 0 radical (unpaired) electrons. The highest BCUT2D eigenvalue weighted by atomic mass is 15.0. The highest BCUT2D eigenvalue weighted by Gasteiger charge is 2.21. The maximum absolute atomic E-state index is 3.67. The Labute approximate surface area is 81.2 Å². The van der Waals surface area contributed by atoms with Crippen LogP contribution in [0.2, 0.25) is 0 Å². The minimum atomic E-state index is 0.522. The molecule has 0 aromatic rings. The van der Waals surface area contributed by atoms with E-state index in [4.69, 9.17) is 0 Å². The van der Waals surface area contributed by atoms with E-state index in [1.807, 2.05) is 12.2 Å². The first kappa shape index (κ1) is 10.1. The van der Waals surface area contributed by atoms with Crippen molar-refractivity contribution in [3.8, 4) is 0 Å². The molecular formula is C12H19N. The lowest BCUT2D eigenvalue weighted by Gasteiger charge is -2.13. The van der Waals surface area contributed by atoms with Crippen LogP contribution >= 0.6 is 0 Å². The van der Waals surface area contributed by atoms with E-state index in [1.54, 1.807) is 0 Å². The molecule has 1 heteroatoms. The van der Waals surface area contributed by atoms with E-state index in [9.17, 15) is 0 Å². The third-order valence-electron chi connectivity index (χ3n) is 2.44. The van der Waals surface area contributed by atoms with Crippen LogP contribution in [0, 0.1) is 11.8 Å². The van der Waals surface area contributed by atoms with Gasteiger partial charge in [-0.05, 0) is 12.8 Å². The van der Waals surface area contributed by atoms with Gasteiger partial charge in [0.15, 0.2) is 0 Å². The monoisotopic (exact) mass is 177 g/mol. The molecule has 1 nitrogen and oxygen atoms in total. The summed E-state index contributed by atoms with van der Waals surface area (Å²) in [6, 6.07) is 0.522. The fourth-order valence-corrected chi connectivity index (χ4v) is 1.55. The fourth-order valence-electron chi connectivity index (χ4n) is 1.55.